The SMILES string of the molecule is O=C(Nc1ccc(C(F)(F)F)cc1)N1CCCC(Cc2nc(-c3cnccn3)no2)C1. The predicted molar refractivity (Wildman–Crippen MR) is 104 cm³/mol. The monoisotopic (exact) mass is 432 g/mol. The lowest BCUT2D eigenvalue weighted by atomic mass is 9.95. The molecule has 3 aromatic rings. The van der Waals surface area contributed by atoms with Gasteiger partial charge in [0.25, 0.3) is 0 Å². The summed E-state index contributed by atoms with van der Waals surface area (Å²) in [4.78, 5) is 26.7. The second-order valence-electron chi connectivity index (χ2n) is 7.27. The zero-order chi connectivity index (χ0) is 21.8. The van der Waals surface area contributed by atoms with Crippen molar-refractivity contribution in [3.8, 4) is 11.5 Å². The number of aromatic nitrogens is 4. The fraction of sp³-hybridized carbons (Fsp3) is 0.350. The maximum absolute atomic E-state index is 12.7. The fourth-order valence-corrected chi connectivity index (χ4v) is 3.46. The Balaban J connectivity index is 1.34. The average Bonchev–Trinajstić information content (AvgIpc) is 3.23. The summed E-state index contributed by atoms with van der Waals surface area (Å²) >= 11 is 0. The summed E-state index contributed by atoms with van der Waals surface area (Å²) in [5.41, 5.74) is 0.0632. The summed E-state index contributed by atoms with van der Waals surface area (Å²) in [6, 6.07) is 4.02. The third-order valence-corrected chi connectivity index (χ3v) is 4.99. The molecule has 1 saturated heterocycles. The number of carbonyl (C=O) groups excluding carboxylic acids is 1. The van der Waals surface area contributed by atoms with Crippen molar-refractivity contribution in [2.45, 2.75) is 25.4 Å². The summed E-state index contributed by atoms with van der Waals surface area (Å²) < 4.78 is 43.3. The van der Waals surface area contributed by atoms with Crippen LogP contribution in [0.4, 0.5) is 23.7 Å². The molecule has 0 radical (unpaired) electrons. The van der Waals surface area contributed by atoms with Crippen molar-refractivity contribution in [1.29, 1.82) is 0 Å². The molecular formula is C20H19F3N6O2. The number of halogens is 3. The first-order chi connectivity index (χ1) is 14.9. The van der Waals surface area contributed by atoms with E-state index in [2.05, 4.69) is 25.4 Å². The third-order valence-electron chi connectivity index (χ3n) is 4.99. The van der Waals surface area contributed by atoms with Gasteiger partial charge in [-0.3, -0.25) is 4.98 Å². The van der Waals surface area contributed by atoms with Crippen LogP contribution in [0.25, 0.3) is 11.5 Å². The highest BCUT2D eigenvalue weighted by Gasteiger charge is 2.30. The zero-order valence-electron chi connectivity index (χ0n) is 16.3. The van der Waals surface area contributed by atoms with E-state index in [0.29, 0.717) is 42.6 Å². The highest BCUT2D eigenvalue weighted by molar-refractivity contribution is 5.89. The number of anilines is 1. The molecule has 3 heterocycles. The van der Waals surface area contributed by atoms with Gasteiger partial charge in [0.1, 0.15) is 5.69 Å². The van der Waals surface area contributed by atoms with E-state index in [1.54, 1.807) is 23.5 Å². The molecule has 2 amide bonds. The Morgan fingerprint density at radius 2 is 2.03 bits per heavy atom. The van der Waals surface area contributed by atoms with Crippen molar-refractivity contribution in [2.24, 2.45) is 5.92 Å². The van der Waals surface area contributed by atoms with E-state index < -0.39 is 11.7 Å². The number of urea groups is 1. The van der Waals surface area contributed by atoms with Gasteiger partial charge in [0, 0.05) is 37.6 Å². The molecular weight excluding hydrogens is 413 g/mol. The molecule has 4 rings (SSSR count). The van der Waals surface area contributed by atoms with Gasteiger partial charge in [0.15, 0.2) is 0 Å². The maximum Gasteiger partial charge on any atom is 0.416 e. The van der Waals surface area contributed by atoms with E-state index in [-0.39, 0.29) is 11.9 Å². The van der Waals surface area contributed by atoms with Gasteiger partial charge in [-0.1, -0.05) is 5.16 Å². The van der Waals surface area contributed by atoms with Crippen LogP contribution in [0.2, 0.25) is 0 Å². The molecule has 0 saturated carbocycles. The highest BCUT2D eigenvalue weighted by Crippen LogP contribution is 2.30. The van der Waals surface area contributed by atoms with Crippen LogP contribution in [0.5, 0.6) is 0 Å². The molecule has 1 fully saturated rings. The van der Waals surface area contributed by atoms with Crippen molar-refractivity contribution in [3.05, 3.63) is 54.3 Å². The Morgan fingerprint density at radius 3 is 2.74 bits per heavy atom. The van der Waals surface area contributed by atoms with E-state index in [0.717, 1.165) is 25.0 Å². The number of nitrogens with zero attached hydrogens (tertiary/aromatic N) is 5. The number of rotatable bonds is 4. The number of nitrogens with one attached hydrogen (secondary N) is 1. The summed E-state index contributed by atoms with van der Waals surface area (Å²) in [6.45, 7) is 1.05. The van der Waals surface area contributed by atoms with Crippen molar-refractivity contribution >= 4 is 11.7 Å². The Hall–Kier alpha value is -3.50. The second kappa shape index (κ2) is 8.70. The van der Waals surface area contributed by atoms with Crippen LogP contribution in [0, 0.1) is 5.92 Å². The lowest BCUT2D eigenvalue weighted by molar-refractivity contribution is -0.137. The van der Waals surface area contributed by atoms with E-state index in [4.69, 9.17) is 4.52 Å². The van der Waals surface area contributed by atoms with Gasteiger partial charge in [-0.05, 0) is 43.0 Å². The molecule has 31 heavy (non-hydrogen) atoms. The Kier molecular flexibility index (Phi) is 5.83. The van der Waals surface area contributed by atoms with Crippen molar-refractivity contribution in [1.82, 2.24) is 25.0 Å². The summed E-state index contributed by atoms with van der Waals surface area (Å²) in [6.07, 6.45) is 2.43. The molecule has 162 valence electrons. The zero-order valence-corrected chi connectivity index (χ0v) is 16.3. The van der Waals surface area contributed by atoms with Gasteiger partial charge in [-0.25, -0.2) is 9.78 Å². The first-order valence-electron chi connectivity index (χ1n) is 9.70. The largest absolute Gasteiger partial charge is 0.416 e. The number of hydrogen-bond donors (Lipinski definition) is 1. The minimum Gasteiger partial charge on any atom is -0.339 e. The predicted octanol–water partition coefficient (Wildman–Crippen LogP) is 4.03. The normalized spacial score (nSPS) is 16.9. The number of hydrogen-bond acceptors (Lipinski definition) is 6. The number of likely N-dealkylation sites (tertiary alicyclic amines) is 1. The van der Waals surface area contributed by atoms with Gasteiger partial charge in [-0.2, -0.15) is 18.2 Å². The van der Waals surface area contributed by atoms with Crippen LogP contribution < -0.4 is 5.32 Å². The minimum absolute atomic E-state index is 0.127. The molecule has 8 nitrogen and oxygen atoms in total. The van der Waals surface area contributed by atoms with Gasteiger partial charge < -0.3 is 14.7 Å². The van der Waals surface area contributed by atoms with Crippen LogP contribution in [-0.2, 0) is 12.6 Å². The number of benzene rings is 1. The topological polar surface area (TPSA) is 97.0 Å². The van der Waals surface area contributed by atoms with Crippen LogP contribution in [-0.4, -0.2) is 44.1 Å². The molecule has 0 aliphatic carbocycles. The number of amides is 2. The van der Waals surface area contributed by atoms with Gasteiger partial charge in [0.2, 0.25) is 11.7 Å². The van der Waals surface area contributed by atoms with E-state index in [9.17, 15) is 18.0 Å². The standard InChI is InChI=1S/C20H19F3N6O2/c21-20(22,23)14-3-5-15(6-4-14)26-19(30)29-9-1-2-13(12-29)10-17-27-18(28-31-17)16-11-24-7-8-25-16/h3-8,11,13H,1-2,9-10,12H2,(H,26,30). The average molecular weight is 432 g/mol. The molecule has 2 aromatic heterocycles. The van der Waals surface area contributed by atoms with Crippen molar-refractivity contribution in [2.75, 3.05) is 18.4 Å². The Labute approximate surface area is 175 Å². The molecule has 1 N–H and O–H groups in total. The lowest BCUT2D eigenvalue weighted by Crippen LogP contribution is -2.42. The molecule has 1 aliphatic heterocycles. The highest BCUT2D eigenvalue weighted by atomic mass is 19.4. The quantitative estimate of drug-likeness (QED) is 0.669. The van der Waals surface area contributed by atoms with Crippen LogP contribution >= 0.6 is 0 Å². The van der Waals surface area contributed by atoms with Gasteiger partial charge in [-0.15, -0.1) is 0 Å². The van der Waals surface area contributed by atoms with Crippen LogP contribution in [0.3, 0.4) is 0 Å². The van der Waals surface area contributed by atoms with Gasteiger partial charge in [0.05, 0.1) is 11.8 Å². The third kappa shape index (κ3) is 5.16. The molecule has 1 aliphatic rings. The summed E-state index contributed by atoms with van der Waals surface area (Å²) in [5, 5.41) is 6.58. The number of carbonyl (C=O) groups is 1. The molecule has 1 unspecified atom stereocenters. The smallest absolute Gasteiger partial charge is 0.339 e. The van der Waals surface area contributed by atoms with Crippen LogP contribution in [0.15, 0.2) is 47.4 Å². The molecule has 0 spiro atoms. The second-order valence-corrected chi connectivity index (χ2v) is 7.27. The van der Waals surface area contributed by atoms with Crippen molar-refractivity contribution in [3.63, 3.8) is 0 Å². The maximum atomic E-state index is 12.7. The summed E-state index contributed by atoms with van der Waals surface area (Å²) in [7, 11) is 0. The summed E-state index contributed by atoms with van der Waals surface area (Å²) in [5.74, 6) is 0.939. The first-order valence-corrected chi connectivity index (χ1v) is 9.70. The Morgan fingerprint density at radius 1 is 1.23 bits per heavy atom. The Bertz CT molecular complexity index is 1020. The molecule has 0 bridgehead atoms. The fourth-order valence-electron chi connectivity index (χ4n) is 3.46. The van der Waals surface area contributed by atoms with E-state index >= 15 is 0 Å². The molecule has 11 heteroatoms. The molecule has 1 atom stereocenters. The number of piperidine rings is 1. The first kappa shape index (κ1) is 20.8. The van der Waals surface area contributed by atoms with Gasteiger partial charge >= 0.3 is 12.2 Å². The minimum atomic E-state index is -4.41. The van der Waals surface area contributed by atoms with Crippen LogP contribution in [0.1, 0.15) is 24.3 Å². The van der Waals surface area contributed by atoms with E-state index in [1.165, 1.54) is 12.1 Å². The van der Waals surface area contributed by atoms with Crippen molar-refractivity contribution < 1.29 is 22.5 Å². The lowest BCUT2D eigenvalue weighted by Gasteiger charge is -2.32. The molecule has 1 aromatic carbocycles. The number of alkyl halides is 3. The van der Waals surface area contributed by atoms with E-state index in [1.807, 2.05) is 0 Å².